The van der Waals surface area contributed by atoms with Crippen molar-refractivity contribution < 1.29 is 14.3 Å². The summed E-state index contributed by atoms with van der Waals surface area (Å²) in [5, 5.41) is 6.41. The van der Waals surface area contributed by atoms with Crippen molar-refractivity contribution in [2.45, 2.75) is 27.2 Å². The summed E-state index contributed by atoms with van der Waals surface area (Å²) in [7, 11) is 1.34. The largest absolute Gasteiger partial charge is 0.465 e. The van der Waals surface area contributed by atoms with Crippen LogP contribution in [0.4, 0.5) is 10.7 Å². The van der Waals surface area contributed by atoms with Crippen LogP contribution in [0.15, 0.2) is 24.3 Å². The van der Waals surface area contributed by atoms with E-state index < -0.39 is 5.97 Å². The number of rotatable bonds is 6. The molecule has 0 saturated carbocycles. The van der Waals surface area contributed by atoms with E-state index in [2.05, 4.69) is 17.6 Å². The highest BCUT2D eigenvalue weighted by Crippen LogP contribution is 2.32. The van der Waals surface area contributed by atoms with Crippen LogP contribution < -0.4 is 10.6 Å². The van der Waals surface area contributed by atoms with Crippen molar-refractivity contribution in [1.29, 1.82) is 0 Å². The van der Waals surface area contributed by atoms with Crippen LogP contribution in [0, 0.1) is 13.8 Å². The highest BCUT2D eigenvalue weighted by Gasteiger charge is 2.21. The van der Waals surface area contributed by atoms with Crippen LogP contribution in [0.2, 0.25) is 0 Å². The average Bonchev–Trinajstić information content (AvgIpc) is 2.86. The summed E-state index contributed by atoms with van der Waals surface area (Å²) in [6.07, 6.45) is 0.980. The molecule has 2 aromatic rings. The molecule has 0 radical (unpaired) electrons. The zero-order chi connectivity index (χ0) is 17.7. The molecule has 0 atom stereocenters. The fraction of sp³-hybridized carbons (Fsp3) is 0.333. The van der Waals surface area contributed by atoms with Gasteiger partial charge in [0.05, 0.1) is 19.2 Å². The van der Waals surface area contributed by atoms with Crippen molar-refractivity contribution in [2.75, 3.05) is 24.3 Å². The fourth-order valence-electron chi connectivity index (χ4n) is 2.27. The lowest BCUT2D eigenvalue weighted by molar-refractivity contribution is -0.114. The second-order valence-electron chi connectivity index (χ2n) is 5.43. The maximum absolute atomic E-state index is 12.2. The third-order valence-electron chi connectivity index (χ3n) is 3.84. The van der Waals surface area contributed by atoms with Crippen LogP contribution >= 0.6 is 11.3 Å². The number of ether oxygens (including phenoxy) is 1. The van der Waals surface area contributed by atoms with E-state index in [9.17, 15) is 9.59 Å². The summed E-state index contributed by atoms with van der Waals surface area (Å²) in [6.45, 7) is 5.98. The average molecular weight is 346 g/mol. The van der Waals surface area contributed by atoms with Gasteiger partial charge in [-0.2, -0.15) is 0 Å². The molecule has 0 aliphatic heterocycles. The Morgan fingerprint density at radius 2 is 1.83 bits per heavy atom. The predicted molar refractivity (Wildman–Crippen MR) is 98.1 cm³/mol. The molecule has 0 aliphatic carbocycles. The lowest BCUT2D eigenvalue weighted by Crippen LogP contribution is -2.22. The summed E-state index contributed by atoms with van der Waals surface area (Å²) in [5.41, 5.74) is 3.40. The number of anilines is 2. The molecule has 0 bridgehead atoms. The summed E-state index contributed by atoms with van der Waals surface area (Å²) >= 11 is 1.38. The number of hydrogen-bond donors (Lipinski definition) is 2. The van der Waals surface area contributed by atoms with Crippen LogP contribution in [-0.4, -0.2) is 25.5 Å². The van der Waals surface area contributed by atoms with Crippen LogP contribution in [0.5, 0.6) is 0 Å². The number of aryl methyl sites for hydroxylation is 2. The molecule has 24 heavy (non-hydrogen) atoms. The van der Waals surface area contributed by atoms with E-state index in [1.165, 1.54) is 24.0 Å². The third-order valence-corrected chi connectivity index (χ3v) is 4.97. The Morgan fingerprint density at radius 1 is 1.17 bits per heavy atom. The number of nitrogens with one attached hydrogen (secondary N) is 2. The molecular formula is C18H22N2O3S. The van der Waals surface area contributed by atoms with Crippen LogP contribution in [-0.2, 0) is 16.0 Å². The molecular weight excluding hydrogens is 324 g/mol. The summed E-state index contributed by atoms with van der Waals surface area (Å²) in [6, 6.07) is 7.96. The number of methoxy groups -OCH3 is 1. The first-order valence-corrected chi connectivity index (χ1v) is 8.58. The first-order chi connectivity index (χ1) is 11.5. The van der Waals surface area contributed by atoms with E-state index >= 15 is 0 Å². The van der Waals surface area contributed by atoms with Crippen molar-refractivity contribution in [3.63, 3.8) is 0 Å². The van der Waals surface area contributed by atoms with E-state index in [0.717, 1.165) is 22.5 Å². The second-order valence-corrected chi connectivity index (χ2v) is 6.66. The first-order valence-electron chi connectivity index (χ1n) is 7.77. The molecule has 2 N–H and O–H groups in total. The Hall–Kier alpha value is -2.34. The number of carbonyl (C=O) groups is 2. The maximum atomic E-state index is 12.2. The minimum absolute atomic E-state index is 0.127. The molecule has 2 rings (SSSR count). The van der Waals surface area contributed by atoms with Crippen molar-refractivity contribution in [3.05, 3.63) is 45.8 Å². The van der Waals surface area contributed by atoms with E-state index in [1.54, 1.807) is 0 Å². The van der Waals surface area contributed by atoms with Gasteiger partial charge >= 0.3 is 5.97 Å². The number of carbonyl (C=O) groups excluding carboxylic acids is 2. The lowest BCUT2D eigenvalue weighted by atomic mass is 10.1. The number of esters is 1. The standard InChI is InChI=1S/C18H22N2O3S/c1-5-13-6-8-14(9-7-13)19-10-15(21)20-17-16(18(22)23-4)11(2)12(3)24-17/h6-9,19H,5,10H2,1-4H3,(H,20,21). The Kier molecular flexibility index (Phi) is 5.98. The molecule has 1 amide bonds. The van der Waals surface area contributed by atoms with Gasteiger partial charge in [-0.05, 0) is 43.5 Å². The van der Waals surface area contributed by atoms with Gasteiger partial charge in [0, 0.05) is 10.6 Å². The smallest absolute Gasteiger partial charge is 0.341 e. The lowest BCUT2D eigenvalue weighted by Gasteiger charge is -2.09. The van der Waals surface area contributed by atoms with Gasteiger partial charge in [0.25, 0.3) is 0 Å². The SMILES string of the molecule is CCc1ccc(NCC(=O)Nc2sc(C)c(C)c2C(=O)OC)cc1. The molecule has 0 spiro atoms. The maximum Gasteiger partial charge on any atom is 0.341 e. The monoisotopic (exact) mass is 346 g/mol. The Bertz CT molecular complexity index is 735. The van der Waals surface area contributed by atoms with Crippen LogP contribution in [0.3, 0.4) is 0 Å². The minimum Gasteiger partial charge on any atom is -0.465 e. The number of thiophene rings is 1. The summed E-state index contributed by atoms with van der Waals surface area (Å²) < 4.78 is 4.80. The molecule has 1 heterocycles. The molecule has 0 unspecified atom stereocenters. The Labute approximate surface area is 146 Å². The molecule has 0 aliphatic rings. The normalized spacial score (nSPS) is 10.3. The van der Waals surface area contributed by atoms with Crippen molar-refractivity contribution in [2.24, 2.45) is 0 Å². The quantitative estimate of drug-likeness (QED) is 0.782. The minimum atomic E-state index is -0.435. The van der Waals surface area contributed by atoms with Crippen molar-refractivity contribution in [3.8, 4) is 0 Å². The third kappa shape index (κ3) is 4.14. The zero-order valence-corrected chi connectivity index (χ0v) is 15.2. The van der Waals surface area contributed by atoms with E-state index in [-0.39, 0.29) is 12.5 Å². The molecule has 0 fully saturated rings. The molecule has 0 saturated heterocycles. The van der Waals surface area contributed by atoms with Crippen LogP contribution in [0.1, 0.15) is 33.3 Å². The van der Waals surface area contributed by atoms with Gasteiger partial charge in [-0.3, -0.25) is 4.79 Å². The van der Waals surface area contributed by atoms with E-state index in [1.807, 2.05) is 38.1 Å². The van der Waals surface area contributed by atoms with Gasteiger partial charge < -0.3 is 15.4 Å². The molecule has 1 aromatic carbocycles. The Balaban J connectivity index is 2.02. The first kappa shape index (κ1) is 18.0. The number of amides is 1. The molecule has 5 nitrogen and oxygen atoms in total. The van der Waals surface area contributed by atoms with Gasteiger partial charge in [-0.25, -0.2) is 4.79 Å². The van der Waals surface area contributed by atoms with Gasteiger partial charge in [0.15, 0.2) is 0 Å². The summed E-state index contributed by atoms with van der Waals surface area (Å²) in [5.74, 6) is -0.642. The van der Waals surface area contributed by atoms with Gasteiger partial charge in [0.2, 0.25) is 5.91 Å². The predicted octanol–water partition coefficient (Wildman–Crippen LogP) is 3.76. The van der Waals surface area contributed by atoms with Gasteiger partial charge in [-0.15, -0.1) is 11.3 Å². The second kappa shape index (κ2) is 7.97. The van der Waals surface area contributed by atoms with E-state index in [0.29, 0.717) is 10.6 Å². The fourth-order valence-corrected chi connectivity index (χ4v) is 3.34. The Morgan fingerprint density at radius 3 is 2.42 bits per heavy atom. The molecule has 6 heteroatoms. The highest BCUT2D eigenvalue weighted by molar-refractivity contribution is 7.16. The van der Waals surface area contributed by atoms with Crippen molar-refractivity contribution in [1.82, 2.24) is 0 Å². The zero-order valence-electron chi connectivity index (χ0n) is 14.4. The number of benzene rings is 1. The van der Waals surface area contributed by atoms with Gasteiger partial charge in [0.1, 0.15) is 5.00 Å². The van der Waals surface area contributed by atoms with E-state index in [4.69, 9.17) is 4.74 Å². The van der Waals surface area contributed by atoms with Crippen molar-refractivity contribution >= 4 is 33.9 Å². The highest BCUT2D eigenvalue weighted by atomic mass is 32.1. The van der Waals surface area contributed by atoms with Crippen LogP contribution in [0.25, 0.3) is 0 Å². The number of hydrogen-bond acceptors (Lipinski definition) is 5. The molecule has 1 aromatic heterocycles. The summed E-state index contributed by atoms with van der Waals surface area (Å²) in [4.78, 5) is 25.1. The molecule has 128 valence electrons. The topological polar surface area (TPSA) is 67.4 Å². The van der Waals surface area contributed by atoms with Gasteiger partial charge in [-0.1, -0.05) is 19.1 Å².